The maximum Gasteiger partial charge on any atom is 0.303 e. The molecular weight excluding hydrogens is 358 g/mol. The van der Waals surface area contributed by atoms with Crippen molar-refractivity contribution in [2.75, 3.05) is 13.1 Å². The zero-order valence-electron chi connectivity index (χ0n) is 17.5. The fraction of sp³-hybridized carbons (Fsp3) is 0.909. The van der Waals surface area contributed by atoms with Gasteiger partial charge in [0.25, 0.3) is 0 Å². The summed E-state index contributed by atoms with van der Waals surface area (Å²) in [6.45, 7) is 2.19. The van der Waals surface area contributed by atoms with Gasteiger partial charge >= 0.3 is 11.9 Å². The predicted octanol–water partition coefficient (Wildman–Crippen LogP) is 4.44. The summed E-state index contributed by atoms with van der Waals surface area (Å²) in [5.74, 6) is -1.40. The summed E-state index contributed by atoms with van der Waals surface area (Å²) in [6.07, 6.45) is 14.8. The molecule has 1 fully saturated rings. The Morgan fingerprint density at radius 1 is 0.643 bits per heavy atom. The second-order valence-corrected chi connectivity index (χ2v) is 8.32. The van der Waals surface area contributed by atoms with Crippen molar-refractivity contribution in [3.63, 3.8) is 0 Å². The van der Waals surface area contributed by atoms with Gasteiger partial charge in [-0.3, -0.25) is 9.59 Å². The van der Waals surface area contributed by atoms with E-state index in [0.717, 1.165) is 103 Å². The molecule has 0 aliphatic heterocycles. The van der Waals surface area contributed by atoms with Gasteiger partial charge in [0.15, 0.2) is 0 Å². The molecule has 28 heavy (non-hydrogen) atoms. The van der Waals surface area contributed by atoms with Crippen LogP contribution in [0.3, 0.4) is 0 Å². The zero-order chi connectivity index (χ0) is 20.6. The van der Waals surface area contributed by atoms with Gasteiger partial charge in [0.05, 0.1) is 6.10 Å². The van der Waals surface area contributed by atoms with Gasteiger partial charge in [-0.05, 0) is 64.5 Å². The molecule has 0 heterocycles. The first kappa shape index (κ1) is 24.9. The molecule has 1 aliphatic carbocycles. The molecule has 0 bridgehead atoms. The topological polar surface area (TPSA) is 98.1 Å². The SMILES string of the molecule is O=C(O)CCCCCCCN(CCCCCCCC(=O)O)C1CCC(O)CC1. The van der Waals surface area contributed by atoms with Gasteiger partial charge in [0, 0.05) is 18.9 Å². The molecule has 1 aliphatic rings. The van der Waals surface area contributed by atoms with Crippen LogP contribution in [0, 0.1) is 0 Å². The highest BCUT2D eigenvalue weighted by Crippen LogP contribution is 2.24. The van der Waals surface area contributed by atoms with E-state index >= 15 is 0 Å². The minimum atomic E-state index is -0.700. The zero-order valence-corrected chi connectivity index (χ0v) is 17.5. The van der Waals surface area contributed by atoms with E-state index in [-0.39, 0.29) is 18.9 Å². The number of unbranched alkanes of at least 4 members (excludes halogenated alkanes) is 8. The standard InChI is InChI=1S/C22H41NO5/c24-20-15-13-19(14-16-20)23(17-9-5-1-3-7-11-21(25)26)18-10-6-2-4-8-12-22(27)28/h19-20,24H,1-18H2,(H,25,26)(H,27,28). The maximum absolute atomic E-state index is 10.5. The molecule has 0 unspecified atom stereocenters. The lowest BCUT2D eigenvalue weighted by Gasteiger charge is -2.36. The van der Waals surface area contributed by atoms with Gasteiger partial charge in [0.2, 0.25) is 0 Å². The number of carboxylic acids is 2. The Kier molecular flexibility index (Phi) is 14.0. The Morgan fingerprint density at radius 3 is 1.46 bits per heavy atom. The number of hydrogen-bond donors (Lipinski definition) is 3. The summed E-state index contributed by atoms with van der Waals surface area (Å²) in [5, 5.41) is 27.1. The molecule has 0 atom stereocenters. The third kappa shape index (κ3) is 13.1. The van der Waals surface area contributed by atoms with Crippen LogP contribution in [0.1, 0.15) is 103 Å². The van der Waals surface area contributed by atoms with Crippen molar-refractivity contribution >= 4 is 11.9 Å². The fourth-order valence-corrected chi connectivity index (χ4v) is 4.14. The Labute approximate surface area is 170 Å². The lowest BCUT2D eigenvalue weighted by molar-refractivity contribution is -0.138. The highest BCUT2D eigenvalue weighted by Gasteiger charge is 2.24. The molecule has 1 saturated carbocycles. The summed E-state index contributed by atoms with van der Waals surface area (Å²) in [6, 6.07) is 0.586. The monoisotopic (exact) mass is 399 g/mol. The highest BCUT2D eigenvalue weighted by atomic mass is 16.4. The smallest absolute Gasteiger partial charge is 0.303 e. The number of carboxylic acid groups (broad SMARTS) is 2. The van der Waals surface area contributed by atoms with Crippen LogP contribution in [0.5, 0.6) is 0 Å². The van der Waals surface area contributed by atoms with Crippen LogP contribution in [0.15, 0.2) is 0 Å². The second-order valence-electron chi connectivity index (χ2n) is 8.32. The quantitative estimate of drug-likeness (QED) is 0.313. The van der Waals surface area contributed by atoms with E-state index in [0.29, 0.717) is 6.04 Å². The Bertz CT molecular complexity index is 393. The molecule has 0 spiro atoms. The minimum Gasteiger partial charge on any atom is -0.481 e. The van der Waals surface area contributed by atoms with Crippen molar-refractivity contribution in [2.45, 2.75) is 115 Å². The molecule has 3 N–H and O–H groups in total. The number of aliphatic hydroxyl groups is 1. The molecule has 6 heteroatoms. The van der Waals surface area contributed by atoms with E-state index in [1.54, 1.807) is 0 Å². The molecule has 6 nitrogen and oxygen atoms in total. The van der Waals surface area contributed by atoms with E-state index in [1.807, 2.05) is 0 Å². The van der Waals surface area contributed by atoms with Gasteiger partial charge in [-0.1, -0.05) is 38.5 Å². The van der Waals surface area contributed by atoms with Crippen molar-refractivity contribution in [2.24, 2.45) is 0 Å². The molecule has 0 aromatic heterocycles. The molecule has 0 aromatic carbocycles. The molecule has 0 amide bonds. The second kappa shape index (κ2) is 15.7. The number of hydrogen-bond acceptors (Lipinski definition) is 4. The Balaban J connectivity index is 2.20. The summed E-state index contributed by atoms with van der Waals surface area (Å²) < 4.78 is 0. The van der Waals surface area contributed by atoms with Crippen LogP contribution in [0.4, 0.5) is 0 Å². The number of nitrogens with zero attached hydrogens (tertiary/aromatic N) is 1. The number of carbonyl (C=O) groups is 2. The van der Waals surface area contributed by atoms with Crippen molar-refractivity contribution in [1.29, 1.82) is 0 Å². The largest absolute Gasteiger partial charge is 0.481 e. The van der Waals surface area contributed by atoms with Gasteiger partial charge in [-0.15, -0.1) is 0 Å². The summed E-state index contributed by atoms with van der Waals surface area (Å²) in [7, 11) is 0. The highest BCUT2D eigenvalue weighted by molar-refractivity contribution is 5.66. The van der Waals surface area contributed by atoms with Crippen LogP contribution >= 0.6 is 0 Å². The third-order valence-electron chi connectivity index (χ3n) is 5.85. The van der Waals surface area contributed by atoms with E-state index in [2.05, 4.69) is 4.90 Å². The van der Waals surface area contributed by atoms with E-state index in [9.17, 15) is 14.7 Å². The predicted molar refractivity (Wildman–Crippen MR) is 111 cm³/mol. The Morgan fingerprint density at radius 2 is 1.04 bits per heavy atom. The lowest BCUT2D eigenvalue weighted by Crippen LogP contribution is -2.40. The van der Waals surface area contributed by atoms with Crippen LogP contribution in [-0.4, -0.2) is 57.4 Å². The average Bonchev–Trinajstić information content (AvgIpc) is 2.65. The van der Waals surface area contributed by atoms with Crippen molar-refractivity contribution in [1.82, 2.24) is 4.90 Å². The van der Waals surface area contributed by atoms with E-state index < -0.39 is 11.9 Å². The Hall–Kier alpha value is -1.14. The minimum absolute atomic E-state index is 0.124. The van der Waals surface area contributed by atoms with Crippen LogP contribution in [0.2, 0.25) is 0 Å². The molecule has 164 valence electrons. The molecule has 0 saturated heterocycles. The normalized spacial score (nSPS) is 19.8. The number of rotatable bonds is 17. The molecular formula is C22H41NO5. The van der Waals surface area contributed by atoms with Crippen LogP contribution < -0.4 is 0 Å². The van der Waals surface area contributed by atoms with Gasteiger partial charge in [-0.25, -0.2) is 0 Å². The van der Waals surface area contributed by atoms with E-state index in [4.69, 9.17) is 10.2 Å². The van der Waals surface area contributed by atoms with Crippen molar-refractivity contribution in [3.05, 3.63) is 0 Å². The third-order valence-corrected chi connectivity index (χ3v) is 5.85. The van der Waals surface area contributed by atoms with Crippen molar-refractivity contribution in [3.8, 4) is 0 Å². The summed E-state index contributed by atoms with van der Waals surface area (Å²) in [5.41, 5.74) is 0. The van der Waals surface area contributed by atoms with Gasteiger partial charge < -0.3 is 20.2 Å². The van der Waals surface area contributed by atoms with E-state index in [1.165, 1.54) is 0 Å². The molecule has 1 rings (SSSR count). The average molecular weight is 400 g/mol. The molecule has 0 radical (unpaired) electrons. The lowest BCUT2D eigenvalue weighted by atomic mass is 9.91. The first-order chi connectivity index (χ1) is 13.5. The maximum atomic E-state index is 10.5. The van der Waals surface area contributed by atoms with Gasteiger partial charge in [-0.2, -0.15) is 0 Å². The van der Waals surface area contributed by atoms with Gasteiger partial charge in [0.1, 0.15) is 0 Å². The first-order valence-electron chi connectivity index (χ1n) is 11.3. The van der Waals surface area contributed by atoms with Crippen LogP contribution in [-0.2, 0) is 9.59 Å². The fourth-order valence-electron chi connectivity index (χ4n) is 4.14. The summed E-state index contributed by atoms with van der Waals surface area (Å²) in [4.78, 5) is 23.7. The molecule has 0 aromatic rings. The van der Waals surface area contributed by atoms with Crippen LogP contribution in [0.25, 0.3) is 0 Å². The number of aliphatic hydroxyl groups excluding tert-OH is 1. The first-order valence-corrected chi connectivity index (χ1v) is 11.3. The van der Waals surface area contributed by atoms with Crippen molar-refractivity contribution < 1.29 is 24.9 Å². The summed E-state index contributed by atoms with van der Waals surface area (Å²) >= 11 is 0. The number of aliphatic carboxylic acids is 2.